The highest BCUT2D eigenvalue weighted by Gasteiger charge is 2.54. The van der Waals surface area contributed by atoms with Crippen molar-refractivity contribution in [3.05, 3.63) is 23.8 Å². The Morgan fingerprint density at radius 2 is 2.06 bits per heavy atom. The van der Waals surface area contributed by atoms with E-state index in [2.05, 4.69) is 37.0 Å². The van der Waals surface area contributed by atoms with E-state index in [0.29, 0.717) is 5.41 Å². The third kappa shape index (κ3) is 2.07. The van der Waals surface area contributed by atoms with Gasteiger partial charge in [0.15, 0.2) is 0 Å². The molecule has 0 bridgehead atoms. The Morgan fingerprint density at radius 1 is 1.28 bits per heavy atom. The van der Waals surface area contributed by atoms with E-state index in [0.717, 1.165) is 12.0 Å². The van der Waals surface area contributed by atoms with Crippen LogP contribution >= 0.6 is 0 Å². The van der Waals surface area contributed by atoms with E-state index in [4.69, 9.17) is 0 Å². The molecule has 1 heterocycles. The summed E-state index contributed by atoms with van der Waals surface area (Å²) in [7, 11) is 0. The number of hydrogen-bond donors (Lipinski definition) is 0. The SMILES string of the molecule is CC(C)C1N(CC2=CCCC=C2)CC12CCCC2. The van der Waals surface area contributed by atoms with Gasteiger partial charge in [0.2, 0.25) is 0 Å². The van der Waals surface area contributed by atoms with Crippen molar-refractivity contribution in [2.45, 2.75) is 58.4 Å². The molecule has 1 saturated heterocycles. The first-order chi connectivity index (χ1) is 8.71. The summed E-state index contributed by atoms with van der Waals surface area (Å²) in [5.74, 6) is 0.810. The number of rotatable bonds is 3. The number of allylic oxidation sites excluding steroid dienone is 2. The molecule has 1 aliphatic heterocycles. The van der Waals surface area contributed by atoms with Gasteiger partial charge in [-0.3, -0.25) is 4.90 Å². The summed E-state index contributed by atoms with van der Waals surface area (Å²) in [6, 6.07) is 0.844. The fraction of sp³-hybridized carbons (Fsp3) is 0.765. The van der Waals surface area contributed by atoms with Crippen LogP contribution in [0.1, 0.15) is 52.4 Å². The number of nitrogens with zero attached hydrogens (tertiary/aromatic N) is 1. The molecule has 1 nitrogen and oxygen atoms in total. The molecule has 1 atom stereocenters. The van der Waals surface area contributed by atoms with E-state index in [1.165, 1.54) is 51.6 Å². The lowest BCUT2D eigenvalue weighted by molar-refractivity contribution is -0.0879. The molecule has 18 heavy (non-hydrogen) atoms. The van der Waals surface area contributed by atoms with Crippen molar-refractivity contribution in [3.63, 3.8) is 0 Å². The van der Waals surface area contributed by atoms with E-state index >= 15 is 0 Å². The average molecular weight is 245 g/mol. The molecule has 100 valence electrons. The predicted molar refractivity (Wildman–Crippen MR) is 77.6 cm³/mol. The highest BCUT2D eigenvalue weighted by atomic mass is 15.3. The third-order valence-electron chi connectivity index (χ3n) is 5.23. The monoisotopic (exact) mass is 245 g/mol. The normalized spacial score (nSPS) is 30.8. The van der Waals surface area contributed by atoms with Crippen molar-refractivity contribution >= 4 is 0 Å². The molecule has 0 radical (unpaired) electrons. The number of hydrogen-bond acceptors (Lipinski definition) is 1. The maximum atomic E-state index is 2.75. The van der Waals surface area contributed by atoms with Gasteiger partial charge < -0.3 is 0 Å². The molecular weight excluding hydrogens is 218 g/mol. The zero-order chi connectivity index (χ0) is 12.6. The Kier molecular flexibility index (Phi) is 3.36. The highest BCUT2D eigenvalue weighted by Crippen LogP contribution is 2.53. The van der Waals surface area contributed by atoms with Gasteiger partial charge in [-0.05, 0) is 42.6 Å². The second-order valence-corrected chi connectivity index (χ2v) is 6.92. The van der Waals surface area contributed by atoms with Crippen LogP contribution in [0, 0.1) is 11.3 Å². The Bertz CT molecular complexity index is 358. The van der Waals surface area contributed by atoms with Crippen molar-refractivity contribution in [2.24, 2.45) is 11.3 Å². The van der Waals surface area contributed by atoms with Crippen LogP contribution in [-0.2, 0) is 0 Å². The van der Waals surface area contributed by atoms with Gasteiger partial charge in [-0.2, -0.15) is 0 Å². The van der Waals surface area contributed by atoms with Crippen LogP contribution < -0.4 is 0 Å². The first kappa shape index (κ1) is 12.5. The molecule has 0 aromatic heterocycles. The molecule has 0 amide bonds. The van der Waals surface area contributed by atoms with E-state index in [1.807, 2.05) is 0 Å². The summed E-state index contributed by atoms with van der Waals surface area (Å²) >= 11 is 0. The zero-order valence-electron chi connectivity index (χ0n) is 12.0. The summed E-state index contributed by atoms with van der Waals surface area (Å²) in [5.41, 5.74) is 2.26. The highest BCUT2D eigenvalue weighted by molar-refractivity contribution is 5.25. The summed E-state index contributed by atoms with van der Waals surface area (Å²) in [6.07, 6.45) is 15.5. The van der Waals surface area contributed by atoms with Gasteiger partial charge in [-0.25, -0.2) is 0 Å². The van der Waals surface area contributed by atoms with Crippen LogP contribution in [0.2, 0.25) is 0 Å². The van der Waals surface area contributed by atoms with Crippen LogP contribution in [0.25, 0.3) is 0 Å². The largest absolute Gasteiger partial charge is 0.295 e. The summed E-state index contributed by atoms with van der Waals surface area (Å²) in [4.78, 5) is 2.75. The first-order valence-corrected chi connectivity index (χ1v) is 7.81. The minimum atomic E-state index is 0.701. The van der Waals surface area contributed by atoms with Gasteiger partial charge in [-0.1, -0.05) is 44.9 Å². The lowest BCUT2D eigenvalue weighted by atomic mass is 9.65. The van der Waals surface area contributed by atoms with Gasteiger partial charge in [0.1, 0.15) is 0 Å². The molecule has 1 saturated carbocycles. The second kappa shape index (κ2) is 4.85. The maximum Gasteiger partial charge on any atom is 0.0234 e. The molecular formula is C17H27N. The lowest BCUT2D eigenvalue weighted by Crippen LogP contribution is -2.65. The van der Waals surface area contributed by atoms with Gasteiger partial charge >= 0.3 is 0 Å². The molecule has 0 N–H and O–H groups in total. The Balaban J connectivity index is 1.67. The molecule has 3 aliphatic rings. The number of likely N-dealkylation sites (tertiary alicyclic amines) is 1. The summed E-state index contributed by atoms with van der Waals surface area (Å²) in [5, 5.41) is 0. The topological polar surface area (TPSA) is 3.24 Å². The molecule has 0 aromatic carbocycles. The lowest BCUT2D eigenvalue weighted by Gasteiger charge is -2.58. The summed E-state index contributed by atoms with van der Waals surface area (Å²) in [6.45, 7) is 7.39. The van der Waals surface area contributed by atoms with Crippen molar-refractivity contribution in [1.82, 2.24) is 4.90 Å². The Labute approximate surface area is 112 Å². The predicted octanol–water partition coefficient (Wildman–Crippen LogP) is 4.16. The molecule has 2 aliphatic carbocycles. The van der Waals surface area contributed by atoms with Crippen LogP contribution in [-0.4, -0.2) is 24.0 Å². The smallest absolute Gasteiger partial charge is 0.0234 e. The second-order valence-electron chi connectivity index (χ2n) is 6.92. The third-order valence-corrected chi connectivity index (χ3v) is 5.23. The first-order valence-electron chi connectivity index (χ1n) is 7.81. The van der Waals surface area contributed by atoms with Crippen LogP contribution in [0.3, 0.4) is 0 Å². The van der Waals surface area contributed by atoms with Crippen molar-refractivity contribution < 1.29 is 0 Å². The molecule has 1 unspecified atom stereocenters. The zero-order valence-corrected chi connectivity index (χ0v) is 12.0. The quantitative estimate of drug-likeness (QED) is 0.721. The van der Waals surface area contributed by atoms with Crippen molar-refractivity contribution in [2.75, 3.05) is 13.1 Å². The van der Waals surface area contributed by atoms with Crippen LogP contribution in [0.15, 0.2) is 23.8 Å². The fourth-order valence-electron chi connectivity index (χ4n) is 4.71. The van der Waals surface area contributed by atoms with E-state index < -0.39 is 0 Å². The Hall–Kier alpha value is -0.560. The summed E-state index contributed by atoms with van der Waals surface area (Å²) < 4.78 is 0. The minimum absolute atomic E-state index is 0.701. The standard InChI is InChI=1S/C17H27N/c1-14(2)16-17(10-6-7-11-17)13-18(16)12-15-8-4-3-5-9-15/h4,8-9,14,16H,3,5-7,10-13H2,1-2H3. The van der Waals surface area contributed by atoms with E-state index in [-0.39, 0.29) is 0 Å². The van der Waals surface area contributed by atoms with Crippen molar-refractivity contribution in [1.29, 1.82) is 0 Å². The van der Waals surface area contributed by atoms with E-state index in [1.54, 1.807) is 5.57 Å². The molecule has 1 heteroatoms. The van der Waals surface area contributed by atoms with E-state index in [9.17, 15) is 0 Å². The van der Waals surface area contributed by atoms with Crippen LogP contribution in [0.5, 0.6) is 0 Å². The molecule has 0 aromatic rings. The molecule has 1 spiro atoms. The van der Waals surface area contributed by atoms with Gasteiger partial charge in [-0.15, -0.1) is 0 Å². The van der Waals surface area contributed by atoms with Crippen LogP contribution in [0.4, 0.5) is 0 Å². The Morgan fingerprint density at radius 3 is 2.67 bits per heavy atom. The van der Waals surface area contributed by atoms with Gasteiger partial charge in [0.05, 0.1) is 0 Å². The molecule has 2 fully saturated rings. The minimum Gasteiger partial charge on any atom is -0.295 e. The molecule has 3 rings (SSSR count). The average Bonchev–Trinajstić information content (AvgIpc) is 2.79. The van der Waals surface area contributed by atoms with Gasteiger partial charge in [0, 0.05) is 19.1 Å². The van der Waals surface area contributed by atoms with Crippen molar-refractivity contribution in [3.8, 4) is 0 Å². The fourth-order valence-corrected chi connectivity index (χ4v) is 4.71. The maximum absolute atomic E-state index is 2.75. The van der Waals surface area contributed by atoms with Gasteiger partial charge in [0.25, 0.3) is 0 Å².